The number of nitrogens with zero attached hydrogens (tertiary/aromatic N) is 1. The molecule has 2 atom stereocenters. The molecule has 2 heteroatoms. The molecule has 1 fully saturated rings. The van der Waals surface area contributed by atoms with Crippen LogP contribution in [0.3, 0.4) is 0 Å². The van der Waals surface area contributed by atoms with Gasteiger partial charge in [0.2, 0.25) is 0 Å². The maximum Gasteiger partial charge on any atom is 0.104 e. The van der Waals surface area contributed by atoms with Crippen molar-refractivity contribution in [2.45, 2.75) is 39.3 Å². The van der Waals surface area contributed by atoms with Gasteiger partial charge in [0.25, 0.3) is 0 Å². The summed E-state index contributed by atoms with van der Waals surface area (Å²) in [7, 11) is 0. The first-order valence-electron chi connectivity index (χ1n) is 7.11. The minimum absolute atomic E-state index is 0.0781. The molecule has 1 aliphatic rings. The summed E-state index contributed by atoms with van der Waals surface area (Å²) in [4.78, 5) is 2.55. The molecule has 2 unspecified atom stereocenters. The third-order valence-electron chi connectivity index (χ3n) is 3.90. The van der Waals surface area contributed by atoms with Crippen molar-refractivity contribution < 1.29 is 5.11 Å². The summed E-state index contributed by atoms with van der Waals surface area (Å²) >= 11 is 0. The fourth-order valence-corrected chi connectivity index (χ4v) is 2.81. The third-order valence-corrected chi connectivity index (χ3v) is 3.90. The lowest BCUT2D eigenvalue weighted by Crippen LogP contribution is -2.39. The maximum absolute atomic E-state index is 8.74. The van der Waals surface area contributed by atoms with Crippen molar-refractivity contribution in [2.24, 2.45) is 5.92 Å². The molecule has 1 aromatic carbocycles. The van der Waals surface area contributed by atoms with Crippen LogP contribution in [0.4, 0.5) is 0 Å². The van der Waals surface area contributed by atoms with Crippen LogP contribution in [0.5, 0.6) is 0 Å². The zero-order valence-corrected chi connectivity index (χ0v) is 11.9. The van der Waals surface area contributed by atoms with Gasteiger partial charge < -0.3 is 5.11 Å². The van der Waals surface area contributed by atoms with Gasteiger partial charge in [-0.1, -0.05) is 30.9 Å². The highest BCUT2D eigenvalue weighted by Gasteiger charge is 2.22. The van der Waals surface area contributed by atoms with E-state index in [1.54, 1.807) is 0 Å². The van der Waals surface area contributed by atoms with Crippen LogP contribution in [0.15, 0.2) is 24.3 Å². The second-order valence-electron chi connectivity index (χ2n) is 5.61. The first-order chi connectivity index (χ1) is 9.19. The molecule has 0 bridgehead atoms. The molecule has 1 saturated heterocycles. The number of likely N-dealkylation sites (tertiary alicyclic amines) is 1. The van der Waals surface area contributed by atoms with E-state index >= 15 is 0 Å². The average Bonchev–Trinajstić information content (AvgIpc) is 2.40. The van der Waals surface area contributed by atoms with Gasteiger partial charge in [0.05, 0.1) is 0 Å². The van der Waals surface area contributed by atoms with E-state index in [-0.39, 0.29) is 6.61 Å². The lowest BCUT2D eigenvalue weighted by atomic mass is 9.93. The molecule has 2 rings (SSSR count). The SMILES string of the molecule is CC1CCN(Cc2cccc(C#CCO)c2)C(C)C1. The zero-order valence-electron chi connectivity index (χ0n) is 11.9. The predicted octanol–water partition coefficient (Wildman–Crippen LogP) is 2.65. The van der Waals surface area contributed by atoms with Gasteiger partial charge in [-0.25, -0.2) is 0 Å². The van der Waals surface area contributed by atoms with Gasteiger partial charge >= 0.3 is 0 Å². The Bertz CT molecular complexity index is 472. The lowest BCUT2D eigenvalue weighted by molar-refractivity contribution is 0.122. The second-order valence-corrected chi connectivity index (χ2v) is 5.61. The minimum Gasteiger partial charge on any atom is -0.384 e. The van der Waals surface area contributed by atoms with Crippen molar-refractivity contribution in [3.8, 4) is 11.8 Å². The van der Waals surface area contributed by atoms with E-state index < -0.39 is 0 Å². The largest absolute Gasteiger partial charge is 0.384 e. The van der Waals surface area contributed by atoms with Crippen molar-refractivity contribution in [2.75, 3.05) is 13.2 Å². The highest BCUT2D eigenvalue weighted by molar-refractivity contribution is 5.37. The van der Waals surface area contributed by atoms with Gasteiger partial charge in [-0.05, 0) is 49.9 Å². The van der Waals surface area contributed by atoms with Gasteiger partial charge in [-0.3, -0.25) is 4.90 Å². The number of piperidine rings is 1. The van der Waals surface area contributed by atoms with E-state index in [1.807, 2.05) is 12.1 Å². The Morgan fingerprint density at radius 1 is 1.37 bits per heavy atom. The number of aliphatic hydroxyl groups is 1. The molecular formula is C17H23NO. The van der Waals surface area contributed by atoms with Crippen molar-refractivity contribution in [1.29, 1.82) is 0 Å². The Morgan fingerprint density at radius 2 is 2.21 bits per heavy atom. The van der Waals surface area contributed by atoms with E-state index in [0.29, 0.717) is 6.04 Å². The Morgan fingerprint density at radius 3 is 2.95 bits per heavy atom. The number of benzene rings is 1. The van der Waals surface area contributed by atoms with Gasteiger partial charge in [0.15, 0.2) is 0 Å². The fraction of sp³-hybridized carbons (Fsp3) is 0.529. The van der Waals surface area contributed by atoms with Crippen LogP contribution in [0.1, 0.15) is 37.8 Å². The van der Waals surface area contributed by atoms with E-state index in [2.05, 4.69) is 42.7 Å². The number of hydrogen-bond donors (Lipinski definition) is 1. The Kier molecular flexibility index (Phi) is 5.01. The molecule has 19 heavy (non-hydrogen) atoms. The summed E-state index contributed by atoms with van der Waals surface area (Å²) in [5, 5.41) is 8.74. The molecule has 102 valence electrons. The summed E-state index contributed by atoms with van der Waals surface area (Å²) in [6.45, 7) is 6.78. The van der Waals surface area contributed by atoms with Crippen LogP contribution in [0.2, 0.25) is 0 Å². The third kappa shape index (κ3) is 4.09. The molecule has 0 spiro atoms. The molecule has 2 nitrogen and oxygen atoms in total. The molecule has 1 aliphatic heterocycles. The Labute approximate surface area is 116 Å². The first kappa shape index (κ1) is 14.1. The summed E-state index contributed by atoms with van der Waals surface area (Å²) < 4.78 is 0. The topological polar surface area (TPSA) is 23.5 Å². The van der Waals surface area contributed by atoms with E-state index in [1.165, 1.54) is 24.9 Å². The Balaban J connectivity index is 2.02. The van der Waals surface area contributed by atoms with E-state index in [9.17, 15) is 0 Å². The Hall–Kier alpha value is -1.30. The molecule has 0 radical (unpaired) electrons. The monoisotopic (exact) mass is 257 g/mol. The summed E-state index contributed by atoms with van der Waals surface area (Å²) in [5.41, 5.74) is 2.30. The molecule has 1 aromatic rings. The summed E-state index contributed by atoms with van der Waals surface area (Å²) in [6.07, 6.45) is 2.60. The molecule has 0 aromatic heterocycles. The lowest BCUT2D eigenvalue weighted by Gasteiger charge is -2.36. The van der Waals surface area contributed by atoms with Crippen molar-refractivity contribution in [3.05, 3.63) is 35.4 Å². The fourth-order valence-electron chi connectivity index (χ4n) is 2.81. The highest BCUT2D eigenvalue weighted by atomic mass is 16.2. The molecule has 0 saturated carbocycles. The smallest absolute Gasteiger partial charge is 0.104 e. The van der Waals surface area contributed by atoms with Crippen molar-refractivity contribution in [1.82, 2.24) is 4.90 Å². The molecule has 0 aliphatic carbocycles. The molecule has 1 N–H and O–H groups in total. The van der Waals surface area contributed by atoms with Crippen LogP contribution < -0.4 is 0 Å². The maximum atomic E-state index is 8.74. The molecular weight excluding hydrogens is 234 g/mol. The number of aliphatic hydroxyl groups excluding tert-OH is 1. The van der Waals surface area contributed by atoms with Crippen LogP contribution in [-0.2, 0) is 6.54 Å². The molecule has 1 heterocycles. The number of rotatable bonds is 2. The van der Waals surface area contributed by atoms with Gasteiger partial charge in [-0.15, -0.1) is 0 Å². The van der Waals surface area contributed by atoms with E-state index in [0.717, 1.165) is 18.0 Å². The standard InChI is InChI=1S/C17H23NO/c1-14-8-9-18(15(2)11-14)13-17-6-3-5-16(12-17)7-4-10-19/h3,5-6,12,14-15,19H,8-11,13H2,1-2H3. The van der Waals surface area contributed by atoms with E-state index in [4.69, 9.17) is 5.11 Å². The average molecular weight is 257 g/mol. The summed E-state index contributed by atoms with van der Waals surface area (Å²) in [5.74, 6) is 6.53. The van der Waals surface area contributed by atoms with Crippen LogP contribution in [-0.4, -0.2) is 29.2 Å². The second kappa shape index (κ2) is 6.75. The quantitative estimate of drug-likeness (QED) is 0.823. The van der Waals surface area contributed by atoms with Crippen molar-refractivity contribution in [3.63, 3.8) is 0 Å². The van der Waals surface area contributed by atoms with Crippen LogP contribution in [0, 0.1) is 17.8 Å². The summed E-state index contributed by atoms with van der Waals surface area (Å²) in [6, 6.07) is 9.00. The van der Waals surface area contributed by atoms with Gasteiger partial charge in [-0.2, -0.15) is 0 Å². The zero-order chi connectivity index (χ0) is 13.7. The first-order valence-corrected chi connectivity index (χ1v) is 7.11. The number of hydrogen-bond acceptors (Lipinski definition) is 2. The van der Waals surface area contributed by atoms with Crippen molar-refractivity contribution >= 4 is 0 Å². The predicted molar refractivity (Wildman–Crippen MR) is 78.7 cm³/mol. The van der Waals surface area contributed by atoms with Gasteiger partial charge in [0.1, 0.15) is 6.61 Å². The highest BCUT2D eigenvalue weighted by Crippen LogP contribution is 2.23. The minimum atomic E-state index is -0.0781. The van der Waals surface area contributed by atoms with Gasteiger partial charge in [0, 0.05) is 18.2 Å². The molecule has 0 amide bonds. The van der Waals surface area contributed by atoms with Crippen LogP contribution in [0.25, 0.3) is 0 Å². The van der Waals surface area contributed by atoms with Crippen LogP contribution >= 0.6 is 0 Å². The normalized spacial score (nSPS) is 23.7.